The first-order chi connectivity index (χ1) is 8.86. The lowest BCUT2D eigenvalue weighted by Gasteiger charge is -2.18. The molecule has 1 aliphatic heterocycles. The molecule has 0 amide bonds. The zero-order chi connectivity index (χ0) is 12.4. The maximum absolute atomic E-state index is 5.74. The van der Waals surface area contributed by atoms with Gasteiger partial charge >= 0.3 is 0 Å². The van der Waals surface area contributed by atoms with Gasteiger partial charge in [0.15, 0.2) is 17.2 Å². The quantitative estimate of drug-likeness (QED) is 0.683. The third-order valence-corrected chi connectivity index (χ3v) is 2.55. The standard InChI is InChI=1S/C14H12N2O2/c1-2-3-6-10-9-13-14(16-15-10)18-12-8-5-4-7-11(12)17-13/h3-9H,2H2,1H3. The highest BCUT2D eigenvalue weighted by atomic mass is 16.6. The summed E-state index contributed by atoms with van der Waals surface area (Å²) in [6.45, 7) is 2.07. The van der Waals surface area contributed by atoms with Gasteiger partial charge in [0, 0.05) is 6.07 Å². The van der Waals surface area contributed by atoms with E-state index in [0.29, 0.717) is 23.1 Å². The average Bonchev–Trinajstić information content (AvgIpc) is 2.42. The Morgan fingerprint density at radius 1 is 1.06 bits per heavy atom. The number of hydrogen-bond donors (Lipinski definition) is 0. The summed E-state index contributed by atoms with van der Waals surface area (Å²) in [5.41, 5.74) is 0.763. The molecule has 0 radical (unpaired) electrons. The van der Waals surface area contributed by atoms with Crippen LogP contribution in [-0.4, -0.2) is 10.2 Å². The number of aromatic nitrogens is 2. The number of rotatable bonds is 2. The summed E-state index contributed by atoms with van der Waals surface area (Å²) in [7, 11) is 0. The molecule has 1 aromatic heterocycles. The highest BCUT2D eigenvalue weighted by Crippen LogP contribution is 2.43. The van der Waals surface area contributed by atoms with Crippen LogP contribution in [0.3, 0.4) is 0 Å². The summed E-state index contributed by atoms with van der Waals surface area (Å²) >= 11 is 0. The van der Waals surface area contributed by atoms with Crippen molar-refractivity contribution in [2.24, 2.45) is 0 Å². The van der Waals surface area contributed by atoms with Crippen molar-refractivity contribution in [2.75, 3.05) is 0 Å². The van der Waals surface area contributed by atoms with Gasteiger partial charge in [-0.3, -0.25) is 0 Å². The number of para-hydroxylation sites is 2. The van der Waals surface area contributed by atoms with Crippen LogP contribution in [0.15, 0.2) is 36.4 Å². The molecule has 0 unspecified atom stereocenters. The molecule has 2 heterocycles. The van der Waals surface area contributed by atoms with Crippen LogP contribution in [0.25, 0.3) is 6.08 Å². The molecule has 4 nitrogen and oxygen atoms in total. The highest BCUT2D eigenvalue weighted by Gasteiger charge is 2.19. The Labute approximate surface area is 105 Å². The molecule has 0 saturated carbocycles. The number of benzene rings is 1. The summed E-state index contributed by atoms with van der Waals surface area (Å²) in [6.07, 6.45) is 4.89. The smallest absolute Gasteiger partial charge is 0.282 e. The van der Waals surface area contributed by atoms with Gasteiger partial charge in [0.25, 0.3) is 5.88 Å². The predicted octanol–water partition coefficient (Wildman–Crippen LogP) is 3.80. The molecule has 1 aromatic carbocycles. The second-order valence-corrected chi connectivity index (χ2v) is 3.90. The lowest BCUT2D eigenvalue weighted by atomic mass is 10.3. The summed E-state index contributed by atoms with van der Waals surface area (Å²) in [5.74, 6) is 2.36. The first-order valence-electron chi connectivity index (χ1n) is 5.86. The van der Waals surface area contributed by atoms with Gasteiger partial charge < -0.3 is 9.47 Å². The Balaban J connectivity index is 1.96. The van der Waals surface area contributed by atoms with Crippen molar-refractivity contribution < 1.29 is 9.47 Å². The molecule has 0 atom stereocenters. The summed E-state index contributed by atoms with van der Waals surface area (Å²) in [6, 6.07) is 9.31. The largest absolute Gasteiger partial charge is 0.448 e. The Hall–Kier alpha value is -2.36. The molecule has 0 N–H and O–H groups in total. The van der Waals surface area contributed by atoms with E-state index in [0.717, 1.165) is 12.1 Å². The van der Waals surface area contributed by atoms with Gasteiger partial charge in [-0.05, 0) is 24.6 Å². The minimum atomic E-state index is 0.405. The normalized spacial score (nSPS) is 12.5. The average molecular weight is 240 g/mol. The third kappa shape index (κ3) is 1.93. The minimum absolute atomic E-state index is 0.405. The zero-order valence-electron chi connectivity index (χ0n) is 9.96. The fourth-order valence-electron chi connectivity index (χ4n) is 1.68. The van der Waals surface area contributed by atoms with Gasteiger partial charge in [0.1, 0.15) is 0 Å². The molecular weight excluding hydrogens is 228 g/mol. The van der Waals surface area contributed by atoms with E-state index in [-0.39, 0.29) is 0 Å². The van der Waals surface area contributed by atoms with E-state index in [2.05, 4.69) is 17.1 Å². The molecule has 0 spiro atoms. The van der Waals surface area contributed by atoms with Gasteiger partial charge in [-0.15, -0.1) is 10.2 Å². The molecule has 0 fully saturated rings. The van der Waals surface area contributed by atoms with Crippen molar-refractivity contribution in [1.82, 2.24) is 10.2 Å². The van der Waals surface area contributed by atoms with E-state index in [1.807, 2.05) is 42.5 Å². The van der Waals surface area contributed by atoms with Crippen LogP contribution in [0.2, 0.25) is 0 Å². The van der Waals surface area contributed by atoms with Gasteiger partial charge in [-0.2, -0.15) is 0 Å². The Kier molecular flexibility index (Phi) is 2.68. The number of hydrogen-bond acceptors (Lipinski definition) is 4. The van der Waals surface area contributed by atoms with Gasteiger partial charge in [-0.1, -0.05) is 25.1 Å². The maximum atomic E-state index is 5.74. The van der Waals surface area contributed by atoms with Crippen molar-refractivity contribution >= 4 is 6.08 Å². The van der Waals surface area contributed by atoms with Crippen LogP contribution < -0.4 is 9.47 Å². The minimum Gasteiger partial charge on any atom is -0.448 e. The van der Waals surface area contributed by atoms with Gasteiger partial charge in [0.05, 0.1) is 5.69 Å². The van der Waals surface area contributed by atoms with Crippen LogP contribution in [0.1, 0.15) is 19.0 Å². The van der Waals surface area contributed by atoms with Crippen LogP contribution in [0.4, 0.5) is 0 Å². The SMILES string of the molecule is CCC=Cc1cc2c(nn1)Oc1ccccc1O2. The van der Waals surface area contributed by atoms with E-state index >= 15 is 0 Å². The number of ether oxygens (including phenoxy) is 2. The topological polar surface area (TPSA) is 44.2 Å². The maximum Gasteiger partial charge on any atom is 0.282 e. The Morgan fingerprint density at radius 3 is 2.61 bits per heavy atom. The molecule has 0 aliphatic carbocycles. The summed E-state index contributed by atoms with van der Waals surface area (Å²) in [4.78, 5) is 0. The van der Waals surface area contributed by atoms with Crippen molar-refractivity contribution in [3.05, 3.63) is 42.1 Å². The monoisotopic (exact) mass is 240 g/mol. The number of allylic oxidation sites excluding steroid dienone is 1. The molecule has 90 valence electrons. The van der Waals surface area contributed by atoms with Crippen molar-refractivity contribution in [3.8, 4) is 23.1 Å². The number of fused-ring (bicyclic) bond motifs is 2. The van der Waals surface area contributed by atoms with E-state index in [1.54, 1.807) is 0 Å². The van der Waals surface area contributed by atoms with Crippen LogP contribution in [0.5, 0.6) is 23.1 Å². The van der Waals surface area contributed by atoms with Crippen LogP contribution in [0, 0.1) is 0 Å². The fourth-order valence-corrected chi connectivity index (χ4v) is 1.68. The Bertz CT molecular complexity index is 608. The molecule has 1 aliphatic rings. The molecule has 4 heteroatoms. The summed E-state index contributed by atoms with van der Waals surface area (Å²) in [5, 5.41) is 8.08. The summed E-state index contributed by atoms with van der Waals surface area (Å²) < 4.78 is 11.4. The van der Waals surface area contributed by atoms with Crippen LogP contribution >= 0.6 is 0 Å². The molecule has 18 heavy (non-hydrogen) atoms. The van der Waals surface area contributed by atoms with Crippen molar-refractivity contribution in [2.45, 2.75) is 13.3 Å². The van der Waals surface area contributed by atoms with Gasteiger partial charge in [0.2, 0.25) is 0 Å². The zero-order valence-corrected chi connectivity index (χ0v) is 9.96. The number of nitrogens with zero attached hydrogens (tertiary/aromatic N) is 2. The predicted molar refractivity (Wildman–Crippen MR) is 67.9 cm³/mol. The molecule has 0 bridgehead atoms. The van der Waals surface area contributed by atoms with E-state index in [1.165, 1.54) is 0 Å². The van der Waals surface area contributed by atoms with Crippen molar-refractivity contribution in [1.29, 1.82) is 0 Å². The first kappa shape index (κ1) is 10.8. The second kappa shape index (κ2) is 4.49. The third-order valence-electron chi connectivity index (χ3n) is 2.55. The molecule has 2 aromatic rings. The molecule has 0 saturated heterocycles. The highest BCUT2D eigenvalue weighted by molar-refractivity contribution is 5.55. The first-order valence-corrected chi connectivity index (χ1v) is 5.86. The van der Waals surface area contributed by atoms with E-state index in [4.69, 9.17) is 9.47 Å². The van der Waals surface area contributed by atoms with Gasteiger partial charge in [-0.25, -0.2) is 0 Å². The fraction of sp³-hybridized carbons (Fsp3) is 0.143. The molecular formula is C14H12N2O2. The van der Waals surface area contributed by atoms with E-state index in [9.17, 15) is 0 Å². The van der Waals surface area contributed by atoms with E-state index < -0.39 is 0 Å². The molecule has 3 rings (SSSR count). The lowest BCUT2D eigenvalue weighted by molar-refractivity contribution is 0.343. The second-order valence-electron chi connectivity index (χ2n) is 3.90. The Morgan fingerprint density at radius 2 is 1.83 bits per heavy atom. The van der Waals surface area contributed by atoms with Crippen LogP contribution in [-0.2, 0) is 0 Å². The van der Waals surface area contributed by atoms with Crippen molar-refractivity contribution in [3.63, 3.8) is 0 Å². The lowest BCUT2D eigenvalue weighted by Crippen LogP contribution is -2.02.